The van der Waals surface area contributed by atoms with Crippen molar-refractivity contribution in [3.8, 4) is 11.5 Å². The number of nitrogens with zero attached hydrogens (tertiary/aromatic N) is 4. The lowest BCUT2D eigenvalue weighted by Gasteiger charge is -2.40. The molecule has 2 aliphatic rings. The Morgan fingerprint density at radius 2 is 1.39 bits per heavy atom. The number of rotatable bonds is 11. The molecule has 0 aliphatic carbocycles. The molecule has 4 aromatic rings. The van der Waals surface area contributed by atoms with Crippen LogP contribution in [0, 0.1) is 34.6 Å². The van der Waals surface area contributed by atoms with Gasteiger partial charge in [-0.2, -0.15) is 17.8 Å². The van der Waals surface area contributed by atoms with E-state index in [0.717, 1.165) is 78.4 Å². The predicted molar refractivity (Wildman–Crippen MR) is 247 cm³/mol. The number of hydrogen-bond acceptors (Lipinski definition) is 10. The van der Waals surface area contributed by atoms with Gasteiger partial charge in [-0.3, -0.25) is 4.72 Å². The zero-order chi connectivity index (χ0) is 45.5. The fourth-order valence-electron chi connectivity index (χ4n) is 8.53. The number of halogens is 2. The van der Waals surface area contributed by atoms with Gasteiger partial charge in [0.15, 0.2) is 5.75 Å². The number of phenols is 2. The van der Waals surface area contributed by atoms with Crippen molar-refractivity contribution in [2.45, 2.75) is 116 Å². The number of piperidine rings is 2. The Balaban J connectivity index is 1.67. The van der Waals surface area contributed by atoms with Crippen molar-refractivity contribution >= 4 is 72.1 Å². The van der Waals surface area contributed by atoms with Gasteiger partial charge in [-0.1, -0.05) is 41.4 Å². The molecule has 6 rings (SSSR count). The number of carbonyl (C=O) groups is 1. The van der Waals surface area contributed by atoms with Crippen molar-refractivity contribution < 1.29 is 36.6 Å². The molecule has 1 amide bonds. The number of benzene rings is 4. The lowest BCUT2D eigenvalue weighted by molar-refractivity contribution is 0.0245. The number of sulfonamides is 2. The fourth-order valence-corrected chi connectivity index (χ4v) is 12.2. The number of nitrogens with one attached hydrogen (secondary N) is 1. The highest BCUT2D eigenvalue weighted by Gasteiger charge is 2.42. The molecule has 0 atom stereocenters. The van der Waals surface area contributed by atoms with Crippen molar-refractivity contribution in [3.63, 3.8) is 0 Å². The lowest BCUT2D eigenvalue weighted by atomic mass is 9.99. The van der Waals surface area contributed by atoms with Gasteiger partial charge in [0.25, 0.3) is 20.0 Å². The van der Waals surface area contributed by atoms with Crippen molar-refractivity contribution in [2.24, 2.45) is 0 Å². The van der Waals surface area contributed by atoms with Crippen LogP contribution < -0.4 is 18.9 Å². The van der Waals surface area contributed by atoms with E-state index in [0.29, 0.717) is 41.0 Å². The molecule has 4 aromatic carbocycles. The van der Waals surface area contributed by atoms with E-state index in [2.05, 4.69) is 14.5 Å². The third-order valence-electron chi connectivity index (χ3n) is 11.2. The second-order valence-electron chi connectivity index (χ2n) is 17.3. The molecule has 0 bridgehead atoms. The number of hydrogen-bond donors (Lipinski definition) is 3. The van der Waals surface area contributed by atoms with E-state index in [1.54, 1.807) is 59.7 Å². The summed E-state index contributed by atoms with van der Waals surface area (Å²) in [6, 6.07) is 12.2. The van der Waals surface area contributed by atoms with Gasteiger partial charge in [-0.05, 0) is 152 Å². The average molecular weight is 931 g/mol. The maximum Gasteiger partial charge on any atom is 0.430 e. The summed E-state index contributed by atoms with van der Waals surface area (Å²) < 4.78 is 69.6. The van der Waals surface area contributed by atoms with Crippen molar-refractivity contribution in [2.75, 3.05) is 45.1 Å². The highest BCUT2D eigenvalue weighted by Crippen LogP contribution is 2.44. The third-order valence-corrected chi connectivity index (χ3v) is 14.8. The molecule has 62 heavy (non-hydrogen) atoms. The normalized spacial score (nSPS) is 15.1. The van der Waals surface area contributed by atoms with Gasteiger partial charge in [0.05, 0.1) is 22.9 Å². The minimum Gasteiger partial charge on any atom is -0.506 e. The Morgan fingerprint density at radius 1 is 0.774 bits per heavy atom. The molecular formula is C45H57Cl2N5O8S2. The first-order valence-electron chi connectivity index (χ1n) is 20.8. The quantitative estimate of drug-likeness (QED) is 0.124. The molecule has 2 heterocycles. The van der Waals surface area contributed by atoms with Crippen LogP contribution in [0.2, 0.25) is 10.0 Å². The molecule has 2 saturated heterocycles. The molecule has 2 fully saturated rings. The SMILES string of the molecule is Cc1cc(C)c(O)c(S(=O)(=O)N(c2c(C)cc(C)c(N3CCCCC3)c2C)N(Cc2c(NS(=O)(=O)c3cc(Cl)cc(Cl)c3O)cccc2N2CCCCC2)C(=O)OC(C)(C)C)c1. The van der Waals surface area contributed by atoms with Crippen LogP contribution in [0.25, 0.3) is 0 Å². The number of ether oxygens (including phenoxy) is 1. The topological polar surface area (TPSA) is 160 Å². The number of anilines is 4. The van der Waals surface area contributed by atoms with Crippen LogP contribution in [-0.2, 0) is 31.3 Å². The summed E-state index contributed by atoms with van der Waals surface area (Å²) in [6.45, 7) is 16.1. The lowest BCUT2D eigenvalue weighted by Crippen LogP contribution is -2.52. The smallest absolute Gasteiger partial charge is 0.430 e. The van der Waals surface area contributed by atoms with E-state index in [1.165, 1.54) is 18.2 Å². The van der Waals surface area contributed by atoms with E-state index in [1.807, 2.05) is 19.9 Å². The molecule has 0 aromatic heterocycles. The van der Waals surface area contributed by atoms with Gasteiger partial charge in [0, 0.05) is 48.1 Å². The van der Waals surface area contributed by atoms with Gasteiger partial charge < -0.3 is 24.7 Å². The van der Waals surface area contributed by atoms with Gasteiger partial charge in [-0.25, -0.2) is 13.2 Å². The van der Waals surface area contributed by atoms with Crippen LogP contribution in [-0.4, -0.2) is 69.9 Å². The van der Waals surface area contributed by atoms with Gasteiger partial charge in [-0.15, -0.1) is 0 Å². The highest BCUT2D eigenvalue weighted by atomic mass is 35.5. The van der Waals surface area contributed by atoms with E-state index in [-0.39, 0.29) is 27.0 Å². The van der Waals surface area contributed by atoms with Crippen molar-refractivity contribution in [3.05, 3.63) is 92.0 Å². The first-order valence-corrected chi connectivity index (χ1v) is 24.5. The molecule has 0 saturated carbocycles. The fraction of sp³-hybridized carbons (Fsp3) is 0.444. The minimum absolute atomic E-state index is 0.00455. The maximum atomic E-state index is 15.8. The number of hydrazine groups is 1. The van der Waals surface area contributed by atoms with E-state index >= 15 is 13.2 Å². The first kappa shape index (κ1) is 46.9. The molecule has 0 unspecified atom stereocenters. The van der Waals surface area contributed by atoms with Crippen molar-refractivity contribution in [1.82, 2.24) is 5.01 Å². The standard InChI is InChI=1S/C45H57Cl2N5O8S2/c1-28-22-31(4)42(53)39(23-28)62(58,59)52(41-30(3)24-29(2)40(32(41)5)50-20-13-10-14-21-50)51(44(55)60-45(6,7)8)27-34-36(16-15-17-37(34)49-18-11-9-12-19-49)48-61(56,57)38-26-33(46)25-35(47)43(38)54/h15-17,22-26,48,53-54H,9-14,18-21,27H2,1-8H3. The van der Waals surface area contributed by atoms with Crippen LogP contribution in [0.15, 0.2) is 58.3 Å². The summed E-state index contributed by atoms with van der Waals surface area (Å²) in [5.41, 5.74) is 3.59. The zero-order valence-electron chi connectivity index (χ0n) is 36.6. The monoisotopic (exact) mass is 929 g/mol. The molecule has 3 N–H and O–H groups in total. The molecular weight excluding hydrogens is 874 g/mol. The van der Waals surface area contributed by atoms with E-state index in [4.69, 9.17) is 27.9 Å². The Bertz CT molecular complexity index is 2590. The Hall–Kier alpha value is -4.57. The second kappa shape index (κ2) is 18.3. The third kappa shape index (κ3) is 9.80. The number of amides is 1. The molecule has 13 nitrogen and oxygen atoms in total. The van der Waals surface area contributed by atoms with Crippen LogP contribution in [0.4, 0.5) is 27.5 Å². The number of aromatic hydroxyl groups is 2. The summed E-state index contributed by atoms with van der Waals surface area (Å²) in [5.74, 6) is -1.20. The number of aryl methyl sites for hydroxylation is 4. The van der Waals surface area contributed by atoms with Crippen LogP contribution in [0.3, 0.4) is 0 Å². The summed E-state index contributed by atoms with van der Waals surface area (Å²) in [5, 5.41) is 23.1. The Labute approximate surface area is 376 Å². The molecule has 0 radical (unpaired) electrons. The van der Waals surface area contributed by atoms with E-state index < -0.39 is 59.6 Å². The van der Waals surface area contributed by atoms with Crippen LogP contribution in [0.5, 0.6) is 11.5 Å². The summed E-state index contributed by atoms with van der Waals surface area (Å²) in [4.78, 5) is 18.4. The summed E-state index contributed by atoms with van der Waals surface area (Å²) in [6.07, 6.45) is 4.59. The molecule has 0 spiro atoms. The summed E-state index contributed by atoms with van der Waals surface area (Å²) in [7, 11) is -9.56. The summed E-state index contributed by atoms with van der Waals surface area (Å²) >= 11 is 12.4. The Kier molecular flexibility index (Phi) is 13.8. The van der Waals surface area contributed by atoms with Crippen molar-refractivity contribution in [1.29, 1.82) is 0 Å². The second-order valence-corrected chi connectivity index (χ2v) is 21.5. The molecule has 17 heteroatoms. The minimum atomic E-state index is -4.92. The van der Waals surface area contributed by atoms with Gasteiger partial charge >= 0.3 is 6.09 Å². The van der Waals surface area contributed by atoms with Crippen LogP contribution in [0.1, 0.15) is 92.7 Å². The molecule has 336 valence electrons. The zero-order valence-corrected chi connectivity index (χ0v) is 39.7. The Morgan fingerprint density at radius 3 is 2.00 bits per heavy atom. The largest absolute Gasteiger partial charge is 0.506 e. The first-order chi connectivity index (χ1) is 29.0. The predicted octanol–water partition coefficient (Wildman–Crippen LogP) is 10.3. The molecule has 2 aliphatic heterocycles. The van der Waals surface area contributed by atoms with Crippen LogP contribution >= 0.6 is 23.2 Å². The average Bonchev–Trinajstić information content (AvgIpc) is 3.18. The van der Waals surface area contributed by atoms with E-state index in [9.17, 15) is 18.6 Å². The van der Waals surface area contributed by atoms with Gasteiger partial charge in [0.1, 0.15) is 21.1 Å². The highest BCUT2D eigenvalue weighted by molar-refractivity contribution is 7.93. The number of phenolic OH excluding ortho intramolecular Hbond substituents is 2. The van der Waals surface area contributed by atoms with Gasteiger partial charge in [0.2, 0.25) is 0 Å². The number of carbonyl (C=O) groups excluding carboxylic acids is 1. The maximum absolute atomic E-state index is 15.8.